The zero-order valence-electron chi connectivity index (χ0n) is 21.6. The molecular formula is C30H33Cl2N3O3. The third-order valence-corrected chi connectivity index (χ3v) is 6.92. The summed E-state index contributed by atoms with van der Waals surface area (Å²) in [5.74, 6) is 2.43. The van der Waals surface area contributed by atoms with Crippen LogP contribution in [0.1, 0.15) is 37.1 Å². The molecule has 3 aromatic carbocycles. The highest BCUT2D eigenvalue weighted by molar-refractivity contribution is 6.31. The Labute approximate surface area is 233 Å². The lowest BCUT2D eigenvalue weighted by Crippen LogP contribution is -2.29. The zero-order valence-corrected chi connectivity index (χ0v) is 23.1. The maximum absolute atomic E-state index is 12.0. The molecule has 0 bridgehead atoms. The number of ether oxygens (including phenoxy) is 2. The molecule has 1 N–H and O–H groups in total. The van der Waals surface area contributed by atoms with Crippen LogP contribution in [0.3, 0.4) is 0 Å². The second-order valence-corrected chi connectivity index (χ2v) is 10.0. The van der Waals surface area contributed by atoms with Gasteiger partial charge in [-0.15, -0.1) is 0 Å². The molecule has 200 valence electrons. The number of para-hydroxylation sites is 2. The van der Waals surface area contributed by atoms with E-state index in [1.54, 1.807) is 24.3 Å². The Morgan fingerprint density at radius 2 is 1.71 bits per heavy atom. The van der Waals surface area contributed by atoms with Gasteiger partial charge < -0.3 is 19.4 Å². The van der Waals surface area contributed by atoms with Gasteiger partial charge in [0.2, 0.25) is 0 Å². The van der Waals surface area contributed by atoms with Crippen molar-refractivity contribution in [1.82, 2.24) is 14.9 Å². The number of nitrogens with one attached hydrogen (secondary N) is 1. The molecule has 1 heterocycles. The summed E-state index contributed by atoms with van der Waals surface area (Å²) in [6, 6.07) is 21.0. The number of hydrogen-bond donors (Lipinski definition) is 1. The van der Waals surface area contributed by atoms with Crippen molar-refractivity contribution in [2.75, 3.05) is 19.8 Å². The minimum atomic E-state index is -0.127. The number of halogens is 2. The van der Waals surface area contributed by atoms with Crippen molar-refractivity contribution < 1.29 is 14.3 Å². The molecule has 0 fully saturated rings. The molecule has 0 saturated carbocycles. The number of benzene rings is 3. The Kier molecular flexibility index (Phi) is 10.3. The summed E-state index contributed by atoms with van der Waals surface area (Å²) in [7, 11) is 0. The van der Waals surface area contributed by atoms with E-state index >= 15 is 0 Å². The van der Waals surface area contributed by atoms with E-state index < -0.39 is 0 Å². The number of imidazole rings is 1. The summed E-state index contributed by atoms with van der Waals surface area (Å²) in [5, 5.41) is 4.30. The molecule has 4 aromatic rings. The summed E-state index contributed by atoms with van der Waals surface area (Å²) < 4.78 is 13.7. The number of hydrogen-bond acceptors (Lipinski definition) is 4. The van der Waals surface area contributed by atoms with Gasteiger partial charge in [-0.3, -0.25) is 4.79 Å². The van der Waals surface area contributed by atoms with Crippen LogP contribution in [0.4, 0.5) is 0 Å². The highest BCUT2D eigenvalue weighted by atomic mass is 35.5. The molecule has 6 nitrogen and oxygen atoms in total. The van der Waals surface area contributed by atoms with Crippen LogP contribution < -0.4 is 14.8 Å². The maximum Gasteiger partial charge on any atom is 0.257 e. The topological polar surface area (TPSA) is 65.4 Å². The van der Waals surface area contributed by atoms with Gasteiger partial charge in [-0.1, -0.05) is 41.8 Å². The number of carbonyl (C=O) groups is 1. The van der Waals surface area contributed by atoms with Crippen LogP contribution in [0.25, 0.3) is 11.0 Å². The van der Waals surface area contributed by atoms with Crippen molar-refractivity contribution in [3.63, 3.8) is 0 Å². The number of aromatic nitrogens is 2. The molecule has 1 amide bonds. The first-order valence-electron chi connectivity index (χ1n) is 13.0. The van der Waals surface area contributed by atoms with Crippen molar-refractivity contribution in [1.29, 1.82) is 0 Å². The molecule has 0 unspecified atom stereocenters. The fourth-order valence-electron chi connectivity index (χ4n) is 4.23. The first-order valence-corrected chi connectivity index (χ1v) is 13.7. The third kappa shape index (κ3) is 8.14. The summed E-state index contributed by atoms with van der Waals surface area (Å²) in [5.41, 5.74) is 3.18. The van der Waals surface area contributed by atoms with Crippen LogP contribution in [-0.2, 0) is 17.8 Å². The molecule has 1 aromatic heterocycles. The minimum Gasteiger partial charge on any atom is -0.494 e. The van der Waals surface area contributed by atoms with E-state index in [-0.39, 0.29) is 12.5 Å². The Morgan fingerprint density at radius 1 is 0.921 bits per heavy atom. The Balaban J connectivity index is 1.18. The summed E-state index contributed by atoms with van der Waals surface area (Å²) in [6.07, 6.45) is 4.67. The lowest BCUT2D eigenvalue weighted by molar-refractivity contribution is -0.123. The molecule has 0 aliphatic heterocycles. The Hall–Kier alpha value is -3.22. The summed E-state index contributed by atoms with van der Waals surface area (Å²) in [6.45, 7) is 4.05. The highest BCUT2D eigenvalue weighted by Crippen LogP contribution is 2.22. The number of rotatable bonds is 14. The second kappa shape index (κ2) is 14.1. The molecule has 38 heavy (non-hydrogen) atoms. The monoisotopic (exact) mass is 553 g/mol. The first-order chi connectivity index (χ1) is 18.5. The van der Waals surface area contributed by atoms with E-state index in [1.807, 2.05) is 31.2 Å². The summed E-state index contributed by atoms with van der Waals surface area (Å²) >= 11 is 12.0. The van der Waals surface area contributed by atoms with Gasteiger partial charge in [-0.2, -0.15) is 0 Å². The van der Waals surface area contributed by atoms with Gasteiger partial charge in [0.15, 0.2) is 6.61 Å². The van der Waals surface area contributed by atoms with E-state index in [2.05, 4.69) is 28.1 Å². The van der Waals surface area contributed by atoms with Gasteiger partial charge >= 0.3 is 0 Å². The molecule has 8 heteroatoms. The van der Waals surface area contributed by atoms with Gasteiger partial charge in [0.05, 0.1) is 17.6 Å². The Morgan fingerprint density at radius 3 is 2.53 bits per heavy atom. The van der Waals surface area contributed by atoms with Crippen molar-refractivity contribution in [2.45, 2.75) is 45.6 Å². The van der Waals surface area contributed by atoms with Gasteiger partial charge in [0.1, 0.15) is 17.3 Å². The van der Waals surface area contributed by atoms with Crippen LogP contribution >= 0.6 is 23.2 Å². The average Bonchev–Trinajstić information content (AvgIpc) is 3.27. The normalized spacial score (nSPS) is 11.0. The van der Waals surface area contributed by atoms with Gasteiger partial charge in [0, 0.05) is 29.6 Å². The minimum absolute atomic E-state index is 0.00695. The SMILES string of the molecule is Cc1cc(OCCCn2c(CCCCCNC(=O)COc3ccc(Cl)cc3)nc3ccccc32)ccc1Cl. The molecule has 0 radical (unpaired) electrons. The number of amides is 1. The average molecular weight is 555 g/mol. The van der Waals surface area contributed by atoms with E-state index in [9.17, 15) is 4.79 Å². The maximum atomic E-state index is 12.0. The van der Waals surface area contributed by atoms with E-state index in [0.717, 1.165) is 71.8 Å². The van der Waals surface area contributed by atoms with Crippen molar-refractivity contribution >= 4 is 40.1 Å². The largest absolute Gasteiger partial charge is 0.494 e. The number of carbonyl (C=O) groups excluding carboxylic acids is 1. The fourth-order valence-corrected chi connectivity index (χ4v) is 4.47. The van der Waals surface area contributed by atoms with Gasteiger partial charge in [-0.05, 0) is 86.3 Å². The molecule has 0 aliphatic carbocycles. The van der Waals surface area contributed by atoms with Crippen LogP contribution in [0.5, 0.6) is 11.5 Å². The highest BCUT2D eigenvalue weighted by Gasteiger charge is 2.10. The van der Waals surface area contributed by atoms with Crippen molar-refractivity contribution in [3.05, 3.63) is 88.2 Å². The van der Waals surface area contributed by atoms with Crippen LogP contribution in [0.15, 0.2) is 66.7 Å². The van der Waals surface area contributed by atoms with E-state index in [4.69, 9.17) is 37.7 Å². The Bertz CT molecular complexity index is 1340. The molecular weight excluding hydrogens is 521 g/mol. The number of nitrogens with zero attached hydrogens (tertiary/aromatic N) is 2. The second-order valence-electron chi connectivity index (χ2n) is 9.18. The lowest BCUT2D eigenvalue weighted by atomic mass is 10.2. The van der Waals surface area contributed by atoms with Gasteiger partial charge in [0.25, 0.3) is 5.91 Å². The number of unbranched alkanes of at least 4 members (excludes halogenated alkanes) is 2. The van der Waals surface area contributed by atoms with Crippen molar-refractivity contribution in [2.24, 2.45) is 0 Å². The molecule has 0 aliphatic rings. The molecule has 0 atom stereocenters. The third-order valence-electron chi connectivity index (χ3n) is 6.24. The molecule has 0 saturated heterocycles. The smallest absolute Gasteiger partial charge is 0.257 e. The predicted octanol–water partition coefficient (Wildman–Crippen LogP) is 7.03. The number of aryl methyl sites for hydroxylation is 3. The van der Waals surface area contributed by atoms with E-state index in [1.165, 1.54) is 0 Å². The molecule has 0 spiro atoms. The number of fused-ring (bicyclic) bond motifs is 1. The lowest BCUT2D eigenvalue weighted by Gasteiger charge is -2.11. The fraction of sp³-hybridized carbons (Fsp3) is 0.333. The van der Waals surface area contributed by atoms with Gasteiger partial charge in [-0.25, -0.2) is 4.98 Å². The molecule has 4 rings (SSSR count). The van der Waals surface area contributed by atoms with E-state index in [0.29, 0.717) is 23.9 Å². The standard InChI is InChI=1S/C30H33Cl2N3O3/c1-22-20-25(15-16-26(22)32)37-19-7-18-35-28-9-5-4-8-27(28)34-29(35)10-3-2-6-17-33-30(36)21-38-24-13-11-23(31)12-14-24/h4-5,8-9,11-16,20H,2-3,6-7,10,17-19,21H2,1H3,(H,33,36). The summed E-state index contributed by atoms with van der Waals surface area (Å²) in [4.78, 5) is 16.9. The van der Waals surface area contributed by atoms with Crippen LogP contribution in [0, 0.1) is 6.92 Å². The quantitative estimate of drug-likeness (QED) is 0.170. The van der Waals surface area contributed by atoms with Crippen LogP contribution in [-0.4, -0.2) is 35.2 Å². The zero-order chi connectivity index (χ0) is 26.7. The first kappa shape index (κ1) is 27.8. The van der Waals surface area contributed by atoms with Crippen molar-refractivity contribution in [3.8, 4) is 11.5 Å². The predicted molar refractivity (Wildman–Crippen MR) is 154 cm³/mol. The van der Waals surface area contributed by atoms with Crippen LogP contribution in [0.2, 0.25) is 10.0 Å².